The average Bonchev–Trinajstić information content (AvgIpc) is 2.18. The fraction of sp³-hybridized carbons (Fsp3) is 0.846. The van der Waals surface area contributed by atoms with Gasteiger partial charge in [-0.25, -0.2) is 0 Å². The lowest BCUT2D eigenvalue weighted by atomic mass is 9.41. The van der Waals surface area contributed by atoms with Crippen LogP contribution >= 0.6 is 0 Å². The molecule has 0 aromatic carbocycles. The minimum absolute atomic E-state index is 0.922. The number of rotatable bonds is 10. The van der Waals surface area contributed by atoms with Gasteiger partial charge in [0.1, 0.15) is 6.71 Å². The van der Waals surface area contributed by atoms with E-state index in [0.717, 1.165) is 6.71 Å². The average molecular weight is 194 g/mol. The van der Waals surface area contributed by atoms with Crippen LogP contribution in [0, 0.1) is 0 Å². The van der Waals surface area contributed by atoms with Crippen molar-refractivity contribution in [2.24, 2.45) is 0 Å². The molecule has 0 amide bonds. The standard InChI is InChI=1S/C13H27B/c1-4-7-9-12-14(11-6-3)13-10-8-5-2/h6H,3-5,7-13H2,1-2H3. The molecule has 0 heterocycles. The molecule has 0 aromatic heterocycles. The van der Waals surface area contributed by atoms with Crippen molar-refractivity contribution in [1.29, 1.82) is 0 Å². The van der Waals surface area contributed by atoms with Crippen LogP contribution < -0.4 is 0 Å². The molecule has 0 atom stereocenters. The molecule has 0 aliphatic heterocycles. The van der Waals surface area contributed by atoms with Crippen LogP contribution in [0.5, 0.6) is 0 Å². The van der Waals surface area contributed by atoms with E-state index >= 15 is 0 Å². The summed E-state index contributed by atoms with van der Waals surface area (Å²) in [4.78, 5) is 0. The Balaban J connectivity index is 3.49. The number of unbranched alkanes of at least 4 members (excludes halogenated alkanes) is 4. The molecule has 0 aliphatic carbocycles. The topological polar surface area (TPSA) is 0 Å². The van der Waals surface area contributed by atoms with Gasteiger partial charge in [-0.05, 0) is 0 Å². The molecule has 0 aromatic rings. The van der Waals surface area contributed by atoms with E-state index in [0.29, 0.717) is 0 Å². The van der Waals surface area contributed by atoms with Gasteiger partial charge in [-0.15, -0.1) is 6.58 Å². The molecule has 82 valence electrons. The Kier molecular flexibility index (Phi) is 10.7. The van der Waals surface area contributed by atoms with Gasteiger partial charge in [-0.1, -0.05) is 77.4 Å². The largest absolute Gasteiger partial charge is 0.143 e. The highest BCUT2D eigenvalue weighted by atomic mass is 13.9. The Bertz CT molecular complexity index is 110. The number of hydrogen-bond acceptors (Lipinski definition) is 0. The zero-order valence-corrected chi connectivity index (χ0v) is 10.2. The van der Waals surface area contributed by atoms with Crippen LogP contribution in [0.15, 0.2) is 12.7 Å². The predicted octanol–water partition coefficient (Wildman–Crippen LogP) is 5.05. The third-order valence-electron chi connectivity index (χ3n) is 2.93. The molecule has 0 N–H and O–H groups in total. The molecule has 0 nitrogen and oxygen atoms in total. The molecule has 0 bridgehead atoms. The normalized spacial score (nSPS) is 10.1. The summed E-state index contributed by atoms with van der Waals surface area (Å²) in [5.74, 6) is 0. The first-order chi connectivity index (χ1) is 6.85. The van der Waals surface area contributed by atoms with Gasteiger partial charge < -0.3 is 0 Å². The smallest absolute Gasteiger partial charge is 0.104 e. The van der Waals surface area contributed by atoms with Gasteiger partial charge in [0.05, 0.1) is 0 Å². The molecular formula is C13H27B. The van der Waals surface area contributed by atoms with E-state index < -0.39 is 0 Å². The second-order valence-electron chi connectivity index (χ2n) is 4.38. The molecule has 0 saturated heterocycles. The number of hydrogen-bond donors (Lipinski definition) is 0. The van der Waals surface area contributed by atoms with Gasteiger partial charge in [0.15, 0.2) is 0 Å². The quantitative estimate of drug-likeness (QED) is 0.259. The molecule has 0 spiro atoms. The van der Waals surface area contributed by atoms with Crippen LogP contribution in [0.4, 0.5) is 0 Å². The maximum Gasteiger partial charge on any atom is 0.143 e. The zero-order valence-electron chi connectivity index (χ0n) is 10.2. The van der Waals surface area contributed by atoms with Crippen molar-refractivity contribution in [2.45, 2.75) is 71.3 Å². The van der Waals surface area contributed by atoms with Crippen molar-refractivity contribution < 1.29 is 0 Å². The van der Waals surface area contributed by atoms with E-state index in [9.17, 15) is 0 Å². The molecule has 1 heteroatoms. The van der Waals surface area contributed by atoms with Gasteiger partial charge in [0.2, 0.25) is 0 Å². The summed E-state index contributed by atoms with van der Waals surface area (Å²) >= 11 is 0. The van der Waals surface area contributed by atoms with Crippen molar-refractivity contribution in [1.82, 2.24) is 0 Å². The second kappa shape index (κ2) is 10.9. The third-order valence-corrected chi connectivity index (χ3v) is 2.93. The van der Waals surface area contributed by atoms with Crippen LogP contribution in [0.2, 0.25) is 19.0 Å². The highest BCUT2D eigenvalue weighted by molar-refractivity contribution is 6.59. The van der Waals surface area contributed by atoms with E-state index in [4.69, 9.17) is 0 Å². The predicted molar refractivity (Wildman–Crippen MR) is 69.4 cm³/mol. The molecule has 0 unspecified atom stereocenters. The molecule has 0 rings (SSSR count). The lowest BCUT2D eigenvalue weighted by molar-refractivity contribution is 0.745. The molecule has 0 radical (unpaired) electrons. The van der Waals surface area contributed by atoms with Crippen molar-refractivity contribution in [3.63, 3.8) is 0 Å². The Morgan fingerprint density at radius 1 is 0.929 bits per heavy atom. The molecule has 0 fully saturated rings. The van der Waals surface area contributed by atoms with Crippen LogP contribution in [0.1, 0.15) is 52.4 Å². The van der Waals surface area contributed by atoms with E-state index in [-0.39, 0.29) is 0 Å². The number of allylic oxidation sites excluding steroid dienone is 1. The highest BCUT2D eigenvalue weighted by Crippen LogP contribution is 2.15. The van der Waals surface area contributed by atoms with Gasteiger partial charge in [0.25, 0.3) is 0 Å². The van der Waals surface area contributed by atoms with Crippen LogP contribution in [0.25, 0.3) is 0 Å². The first-order valence-corrected chi connectivity index (χ1v) is 6.46. The molecule has 14 heavy (non-hydrogen) atoms. The van der Waals surface area contributed by atoms with Gasteiger partial charge in [-0.3, -0.25) is 0 Å². The van der Waals surface area contributed by atoms with E-state index in [2.05, 4.69) is 26.5 Å². The fourth-order valence-corrected chi connectivity index (χ4v) is 1.98. The Hall–Kier alpha value is -0.195. The lowest BCUT2D eigenvalue weighted by Crippen LogP contribution is -2.10. The SMILES string of the molecule is C=CCB(CCCCC)CCCCC. The lowest BCUT2D eigenvalue weighted by Gasteiger charge is -2.10. The van der Waals surface area contributed by atoms with Crippen molar-refractivity contribution >= 4 is 6.71 Å². The summed E-state index contributed by atoms with van der Waals surface area (Å²) in [6.45, 7) is 9.33. The highest BCUT2D eigenvalue weighted by Gasteiger charge is 2.10. The van der Waals surface area contributed by atoms with Crippen LogP contribution in [0.3, 0.4) is 0 Å². The summed E-state index contributed by atoms with van der Waals surface area (Å²) in [7, 11) is 0. The Morgan fingerprint density at radius 2 is 1.43 bits per heavy atom. The van der Waals surface area contributed by atoms with Gasteiger partial charge >= 0.3 is 0 Å². The first-order valence-electron chi connectivity index (χ1n) is 6.46. The van der Waals surface area contributed by atoms with Crippen molar-refractivity contribution in [2.75, 3.05) is 0 Å². The minimum Gasteiger partial charge on any atom is -0.104 e. The van der Waals surface area contributed by atoms with Crippen LogP contribution in [-0.2, 0) is 0 Å². The van der Waals surface area contributed by atoms with Gasteiger partial charge in [0, 0.05) is 0 Å². The van der Waals surface area contributed by atoms with Gasteiger partial charge in [-0.2, -0.15) is 0 Å². The minimum atomic E-state index is 0.922. The first kappa shape index (κ1) is 13.8. The zero-order chi connectivity index (χ0) is 10.6. The summed E-state index contributed by atoms with van der Waals surface area (Å²) in [6.07, 6.45) is 14.5. The van der Waals surface area contributed by atoms with E-state index in [1.807, 2.05) is 0 Å². The summed E-state index contributed by atoms with van der Waals surface area (Å²) in [5.41, 5.74) is 0. The summed E-state index contributed by atoms with van der Waals surface area (Å²) in [5, 5.41) is 0. The molecule has 0 aliphatic rings. The third kappa shape index (κ3) is 8.41. The Labute approximate surface area is 91.3 Å². The summed E-state index contributed by atoms with van der Waals surface area (Å²) in [6, 6.07) is 0. The Morgan fingerprint density at radius 3 is 1.79 bits per heavy atom. The van der Waals surface area contributed by atoms with Crippen molar-refractivity contribution in [3.8, 4) is 0 Å². The monoisotopic (exact) mass is 194 g/mol. The van der Waals surface area contributed by atoms with E-state index in [1.54, 1.807) is 0 Å². The summed E-state index contributed by atoms with van der Waals surface area (Å²) < 4.78 is 0. The fourth-order valence-electron chi connectivity index (χ4n) is 1.98. The van der Waals surface area contributed by atoms with Crippen LogP contribution in [-0.4, -0.2) is 6.71 Å². The maximum atomic E-state index is 3.86. The molecule has 0 saturated carbocycles. The second-order valence-corrected chi connectivity index (χ2v) is 4.38. The maximum absolute atomic E-state index is 3.86. The van der Waals surface area contributed by atoms with E-state index in [1.165, 1.54) is 57.5 Å². The molecular weight excluding hydrogens is 167 g/mol. The van der Waals surface area contributed by atoms with Crippen molar-refractivity contribution in [3.05, 3.63) is 12.7 Å².